The molecule has 0 saturated carbocycles. The summed E-state index contributed by atoms with van der Waals surface area (Å²) in [4.78, 5) is 7.03. The van der Waals surface area contributed by atoms with Crippen molar-refractivity contribution in [2.24, 2.45) is 5.41 Å². The standard InChI is InChI=1S/C47H38N4O.Pt/c1-47(2)31-36-26-27-39(30-44(36)49(32-47)45-25-11-12-28-48-45)52-38-20-13-19-37(29-38)50-33-51(43-24-10-9-23-42(43)50)46-40(34-15-5-3-6-16-34)21-14-22-41(46)35-17-7-4-8-18-35;/h3-30H,31-32H2,1-2H3;. The van der Waals surface area contributed by atoms with E-state index in [1.807, 2.05) is 24.4 Å². The number of benzene rings is 6. The van der Waals surface area contributed by atoms with E-state index < -0.39 is 0 Å². The summed E-state index contributed by atoms with van der Waals surface area (Å²) in [5.74, 6) is 2.53. The number of aromatic nitrogens is 3. The Balaban J connectivity index is 1.16. The van der Waals surface area contributed by atoms with Crippen molar-refractivity contribution in [3.8, 4) is 45.1 Å². The Labute approximate surface area is 320 Å². The van der Waals surface area contributed by atoms with Crippen LogP contribution in [0.4, 0.5) is 11.5 Å². The topological polar surface area (TPSA) is 35.2 Å². The molecule has 6 heteroatoms. The molecule has 0 N–H and O–H groups in total. The van der Waals surface area contributed by atoms with Gasteiger partial charge in [0.2, 0.25) is 0 Å². The molecule has 0 radical (unpaired) electrons. The van der Waals surface area contributed by atoms with Gasteiger partial charge in [0.1, 0.15) is 0 Å². The van der Waals surface area contributed by atoms with E-state index in [1.165, 1.54) is 27.8 Å². The summed E-state index contributed by atoms with van der Waals surface area (Å²) < 4.78 is 12.5. The number of hydrogen-bond donors (Lipinski definition) is 0. The first-order valence-electron chi connectivity index (χ1n) is 18.0. The molecule has 0 bridgehead atoms. The zero-order valence-corrected chi connectivity index (χ0v) is 31.9. The molecule has 1 aliphatic heterocycles. The summed E-state index contributed by atoms with van der Waals surface area (Å²) in [6, 6.07) is 57.6. The van der Waals surface area contributed by atoms with E-state index in [0.29, 0.717) is 0 Å². The number of imidazole rings is 1. The molecule has 0 saturated heterocycles. The van der Waals surface area contributed by atoms with Gasteiger partial charge in [-0.1, -0.05) is 19.9 Å². The summed E-state index contributed by atoms with van der Waals surface area (Å²) in [6.07, 6.45) is 2.86. The van der Waals surface area contributed by atoms with Gasteiger partial charge in [0.05, 0.1) is 0 Å². The Morgan fingerprint density at radius 3 is 1.91 bits per heavy atom. The van der Waals surface area contributed by atoms with Crippen molar-refractivity contribution in [1.82, 2.24) is 14.1 Å². The van der Waals surface area contributed by atoms with E-state index >= 15 is 0 Å². The Kier molecular flexibility index (Phi) is 8.52. The predicted octanol–water partition coefficient (Wildman–Crippen LogP) is 11.7. The third kappa shape index (κ3) is 6.26. The second-order valence-electron chi connectivity index (χ2n) is 14.3. The van der Waals surface area contributed by atoms with E-state index in [4.69, 9.17) is 9.72 Å². The van der Waals surface area contributed by atoms with Crippen molar-refractivity contribution in [2.75, 3.05) is 11.4 Å². The van der Waals surface area contributed by atoms with Gasteiger partial charge in [0.15, 0.2) is 0 Å². The van der Waals surface area contributed by atoms with Crippen molar-refractivity contribution < 1.29 is 24.1 Å². The van der Waals surface area contributed by atoms with Crippen molar-refractivity contribution in [3.05, 3.63) is 179 Å². The van der Waals surface area contributed by atoms with Crippen molar-refractivity contribution in [2.45, 2.75) is 20.3 Å². The number of rotatable bonds is 7. The van der Waals surface area contributed by atoms with Crippen LogP contribution in [0.15, 0.2) is 170 Å². The molecule has 0 amide bonds. The Bertz CT molecular complexity index is 2590. The molecule has 262 valence electrons. The Morgan fingerprint density at radius 2 is 1.23 bits per heavy atom. The number of nitrogens with zero attached hydrogens (tertiary/aromatic N) is 4. The third-order valence-electron chi connectivity index (χ3n) is 9.97. The second kappa shape index (κ2) is 13.7. The van der Waals surface area contributed by atoms with Gasteiger partial charge in [-0.2, -0.15) is 0 Å². The van der Waals surface area contributed by atoms with E-state index in [2.05, 4.69) is 193 Å². The zero-order chi connectivity index (χ0) is 35.9. The number of ether oxygens (including phenoxy) is 1. The number of pyridine rings is 1. The second-order valence-corrected chi connectivity index (χ2v) is 15.4. The first-order valence-corrected chi connectivity index (χ1v) is 19.1. The van der Waals surface area contributed by atoms with Gasteiger partial charge in [0.25, 0.3) is 0 Å². The molecule has 5 nitrogen and oxygen atoms in total. The number of para-hydroxylation sites is 3. The first-order chi connectivity index (χ1) is 25.9. The minimum atomic E-state index is 0.123. The van der Waals surface area contributed by atoms with Crippen LogP contribution >= 0.6 is 0 Å². The predicted molar refractivity (Wildman–Crippen MR) is 212 cm³/mol. The van der Waals surface area contributed by atoms with Gasteiger partial charge in [-0.05, 0) is 6.07 Å². The maximum absolute atomic E-state index is 6.67. The molecule has 1 aliphatic rings. The zero-order valence-electron chi connectivity index (χ0n) is 29.6. The van der Waals surface area contributed by atoms with E-state index in [0.717, 1.165) is 62.2 Å². The van der Waals surface area contributed by atoms with E-state index in [9.17, 15) is 0 Å². The van der Waals surface area contributed by atoms with Crippen LogP contribution in [0.2, 0.25) is 0 Å². The van der Waals surface area contributed by atoms with Crippen LogP contribution in [0.25, 0.3) is 44.7 Å². The average Bonchev–Trinajstić information content (AvgIpc) is 3.49. The fraction of sp³-hybridized carbons (Fsp3) is 0.106. The summed E-state index contributed by atoms with van der Waals surface area (Å²) in [6.45, 7) is 5.52. The minimum absolute atomic E-state index is 0.123. The quantitative estimate of drug-likeness (QED) is 0.160. The van der Waals surface area contributed by atoms with Gasteiger partial charge in [-0.15, -0.1) is 0 Å². The molecule has 0 unspecified atom stereocenters. The van der Waals surface area contributed by atoms with Gasteiger partial charge in [-0.25, -0.2) is 0 Å². The maximum atomic E-state index is 6.67. The van der Waals surface area contributed by atoms with Crippen LogP contribution in [0, 0.1) is 9.22 Å². The van der Waals surface area contributed by atoms with Crippen molar-refractivity contribution in [3.63, 3.8) is 0 Å². The third-order valence-corrected chi connectivity index (χ3v) is 11.0. The molecular weight excluding hydrogens is 832 g/mol. The van der Waals surface area contributed by atoms with Gasteiger partial charge < -0.3 is 0 Å². The fourth-order valence-corrected chi connectivity index (χ4v) is 8.78. The Hall–Kier alpha value is -5.77. The Morgan fingerprint density at radius 1 is 0.604 bits per heavy atom. The molecule has 3 heterocycles. The molecular formula is C47H38N4OPt. The normalized spacial score (nSPS) is 13.5. The van der Waals surface area contributed by atoms with Crippen LogP contribution < -0.4 is 9.64 Å². The van der Waals surface area contributed by atoms with Gasteiger partial charge in [-0.3, -0.25) is 0 Å². The van der Waals surface area contributed by atoms with Crippen LogP contribution in [0.3, 0.4) is 0 Å². The summed E-state index contributed by atoms with van der Waals surface area (Å²) in [5, 5.41) is 0. The average molecular weight is 870 g/mol. The molecule has 0 fully saturated rings. The molecule has 0 spiro atoms. The number of fused-ring (bicyclic) bond motifs is 2. The molecule has 0 atom stereocenters. The number of hydrogen-bond acceptors (Lipinski definition) is 3. The van der Waals surface area contributed by atoms with Crippen LogP contribution in [0.5, 0.6) is 11.5 Å². The van der Waals surface area contributed by atoms with Crippen molar-refractivity contribution in [1.29, 1.82) is 0 Å². The molecule has 2 aromatic heterocycles. The van der Waals surface area contributed by atoms with Crippen LogP contribution in [-0.4, -0.2) is 20.7 Å². The van der Waals surface area contributed by atoms with Crippen LogP contribution in [0.1, 0.15) is 19.4 Å². The van der Waals surface area contributed by atoms with Gasteiger partial charge in [0, 0.05) is 6.20 Å². The van der Waals surface area contributed by atoms with E-state index in [1.54, 1.807) is 0 Å². The molecule has 0 aliphatic carbocycles. The summed E-state index contributed by atoms with van der Waals surface area (Å²) >= 11 is 2.49. The monoisotopic (exact) mass is 869 g/mol. The summed E-state index contributed by atoms with van der Waals surface area (Å²) in [5.41, 5.74) is 11.7. The first kappa shape index (κ1) is 33.1. The van der Waals surface area contributed by atoms with Crippen LogP contribution in [-0.2, 0) is 25.8 Å². The molecule has 6 aromatic carbocycles. The molecule has 9 rings (SSSR count). The van der Waals surface area contributed by atoms with E-state index in [-0.39, 0.29) is 5.41 Å². The number of anilines is 2. The van der Waals surface area contributed by atoms with Gasteiger partial charge >= 0.3 is 290 Å². The van der Waals surface area contributed by atoms with Crippen molar-refractivity contribution >= 4 is 22.5 Å². The fourth-order valence-electron chi connectivity index (χ4n) is 7.69. The molecule has 53 heavy (non-hydrogen) atoms. The molecule has 8 aromatic rings. The SMILES string of the molecule is CC1(C)Cc2ccc(Oc3cccc(-n4[c](=[Pt])n(-c5c(-c6ccccc6)cccc5-c5ccccc5)c5ccccc54)c3)cc2N(c2ccccn2)C1. The summed E-state index contributed by atoms with van der Waals surface area (Å²) in [7, 11) is 0.